The Bertz CT molecular complexity index is 727. The number of rotatable bonds is 4. The van der Waals surface area contributed by atoms with Crippen LogP contribution in [0.25, 0.3) is 0 Å². The molecule has 0 spiro atoms. The minimum absolute atomic E-state index is 0.0862. The van der Waals surface area contributed by atoms with Crippen molar-refractivity contribution in [1.82, 2.24) is 0 Å². The highest BCUT2D eigenvalue weighted by atomic mass is 32.2. The SMILES string of the molecule is Cc1cc(NC2CCCS(=O)(=O)C2)ccc1NS(C)(=O)=O. The van der Waals surface area contributed by atoms with Gasteiger partial charge in [-0.25, -0.2) is 16.8 Å². The molecule has 8 heteroatoms. The second kappa shape index (κ2) is 5.84. The van der Waals surface area contributed by atoms with Crippen LogP contribution < -0.4 is 10.0 Å². The Hall–Kier alpha value is -1.28. The number of anilines is 2. The molecule has 0 amide bonds. The van der Waals surface area contributed by atoms with E-state index in [1.807, 2.05) is 6.07 Å². The first-order chi connectivity index (χ1) is 9.65. The van der Waals surface area contributed by atoms with E-state index in [0.717, 1.165) is 23.9 Å². The fourth-order valence-corrected chi connectivity index (χ4v) is 4.70. The van der Waals surface area contributed by atoms with Crippen molar-refractivity contribution < 1.29 is 16.8 Å². The van der Waals surface area contributed by atoms with Crippen LogP contribution in [0.15, 0.2) is 18.2 Å². The second-order valence-electron chi connectivity index (χ2n) is 5.50. The maximum atomic E-state index is 11.6. The van der Waals surface area contributed by atoms with E-state index in [0.29, 0.717) is 12.1 Å². The monoisotopic (exact) mass is 332 g/mol. The lowest BCUT2D eigenvalue weighted by Gasteiger charge is -2.24. The van der Waals surface area contributed by atoms with Crippen molar-refractivity contribution in [3.63, 3.8) is 0 Å². The molecular formula is C13H20N2O4S2. The van der Waals surface area contributed by atoms with Crippen LogP contribution in [0.1, 0.15) is 18.4 Å². The Morgan fingerprint density at radius 3 is 2.57 bits per heavy atom. The first kappa shape index (κ1) is 16.1. The minimum Gasteiger partial charge on any atom is -0.381 e. The Labute approximate surface area is 125 Å². The zero-order chi connectivity index (χ0) is 15.7. The fourth-order valence-electron chi connectivity index (χ4n) is 2.44. The fraction of sp³-hybridized carbons (Fsp3) is 0.538. The van der Waals surface area contributed by atoms with Gasteiger partial charge in [-0.3, -0.25) is 4.72 Å². The number of sulfonamides is 1. The second-order valence-corrected chi connectivity index (χ2v) is 9.48. The summed E-state index contributed by atoms with van der Waals surface area (Å²) in [4.78, 5) is 0. The maximum absolute atomic E-state index is 11.6. The van der Waals surface area contributed by atoms with E-state index >= 15 is 0 Å². The molecule has 1 saturated heterocycles. The van der Waals surface area contributed by atoms with Gasteiger partial charge < -0.3 is 5.32 Å². The van der Waals surface area contributed by atoms with Crippen molar-refractivity contribution in [3.8, 4) is 0 Å². The smallest absolute Gasteiger partial charge is 0.229 e. The Balaban J connectivity index is 2.10. The quantitative estimate of drug-likeness (QED) is 0.868. The molecule has 0 bridgehead atoms. The predicted molar refractivity (Wildman–Crippen MR) is 84.9 cm³/mol. The zero-order valence-electron chi connectivity index (χ0n) is 12.1. The Kier molecular flexibility index (Phi) is 4.48. The van der Waals surface area contributed by atoms with Crippen molar-refractivity contribution in [2.75, 3.05) is 27.8 Å². The van der Waals surface area contributed by atoms with Crippen molar-refractivity contribution in [2.45, 2.75) is 25.8 Å². The third-order valence-electron chi connectivity index (χ3n) is 3.36. The first-order valence-corrected chi connectivity index (χ1v) is 10.4. The summed E-state index contributed by atoms with van der Waals surface area (Å²) in [5.74, 6) is 0.414. The van der Waals surface area contributed by atoms with Gasteiger partial charge in [-0.1, -0.05) is 0 Å². The molecule has 21 heavy (non-hydrogen) atoms. The molecule has 1 fully saturated rings. The Morgan fingerprint density at radius 1 is 1.29 bits per heavy atom. The normalized spacial score (nSPS) is 21.7. The van der Waals surface area contributed by atoms with Crippen LogP contribution in [-0.2, 0) is 19.9 Å². The van der Waals surface area contributed by atoms with Gasteiger partial charge in [0.2, 0.25) is 10.0 Å². The first-order valence-electron chi connectivity index (χ1n) is 6.70. The van der Waals surface area contributed by atoms with Gasteiger partial charge in [0.05, 0.1) is 23.4 Å². The van der Waals surface area contributed by atoms with Crippen molar-refractivity contribution >= 4 is 31.2 Å². The van der Waals surface area contributed by atoms with Gasteiger partial charge in [0.1, 0.15) is 0 Å². The van der Waals surface area contributed by atoms with E-state index in [-0.39, 0.29) is 17.5 Å². The lowest BCUT2D eigenvalue weighted by molar-refractivity contribution is 0.562. The molecule has 1 atom stereocenters. The topological polar surface area (TPSA) is 92.3 Å². The lowest BCUT2D eigenvalue weighted by Crippen LogP contribution is -2.34. The van der Waals surface area contributed by atoms with Crippen LogP contribution in [0.3, 0.4) is 0 Å². The number of hydrogen-bond donors (Lipinski definition) is 2. The zero-order valence-corrected chi connectivity index (χ0v) is 13.7. The highest BCUT2D eigenvalue weighted by Gasteiger charge is 2.24. The third-order valence-corrected chi connectivity index (χ3v) is 5.77. The molecular weight excluding hydrogens is 312 g/mol. The molecule has 0 aliphatic carbocycles. The van der Waals surface area contributed by atoms with Crippen LogP contribution >= 0.6 is 0 Å². The van der Waals surface area contributed by atoms with Crippen molar-refractivity contribution in [3.05, 3.63) is 23.8 Å². The molecule has 1 unspecified atom stereocenters. The van der Waals surface area contributed by atoms with Gasteiger partial charge in [-0.2, -0.15) is 0 Å². The summed E-state index contributed by atoms with van der Waals surface area (Å²) in [7, 11) is -6.25. The van der Waals surface area contributed by atoms with Gasteiger partial charge in [-0.05, 0) is 43.5 Å². The number of benzene rings is 1. The molecule has 1 aliphatic heterocycles. The molecule has 2 rings (SSSR count). The van der Waals surface area contributed by atoms with E-state index < -0.39 is 19.9 Å². The standard InChI is InChI=1S/C13H20N2O4S2/c1-10-8-11(5-6-13(10)15-20(2,16)17)14-12-4-3-7-21(18,19)9-12/h5-6,8,12,14-15H,3-4,7,9H2,1-2H3. The minimum atomic E-state index is -3.30. The number of sulfone groups is 1. The molecule has 0 saturated carbocycles. The molecule has 1 aromatic rings. The molecule has 1 aromatic carbocycles. The summed E-state index contributed by atoms with van der Waals surface area (Å²) in [6.07, 6.45) is 2.60. The van der Waals surface area contributed by atoms with E-state index in [9.17, 15) is 16.8 Å². The summed E-state index contributed by atoms with van der Waals surface area (Å²) in [6.45, 7) is 1.80. The lowest BCUT2D eigenvalue weighted by atomic mass is 10.1. The van der Waals surface area contributed by atoms with E-state index in [1.54, 1.807) is 19.1 Å². The molecule has 6 nitrogen and oxygen atoms in total. The molecule has 0 radical (unpaired) electrons. The predicted octanol–water partition coefficient (Wildman–Crippen LogP) is 1.36. The third kappa shape index (κ3) is 4.89. The highest BCUT2D eigenvalue weighted by Crippen LogP contribution is 2.23. The van der Waals surface area contributed by atoms with Crippen LogP contribution in [0, 0.1) is 6.92 Å². The molecule has 118 valence electrons. The number of aryl methyl sites for hydroxylation is 1. The van der Waals surface area contributed by atoms with Gasteiger partial charge in [0.15, 0.2) is 9.84 Å². The maximum Gasteiger partial charge on any atom is 0.229 e. The summed E-state index contributed by atoms with van der Waals surface area (Å²) in [5.41, 5.74) is 2.11. The van der Waals surface area contributed by atoms with E-state index in [4.69, 9.17) is 0 Å². The van der Waals surface area contributed by atoms with E-state index in [1.165, 1.54) is 0 Å². The summed E-state index contributed by atoms with van der Waals surface area (Å²) in [6, 6.07) is 5.16. The average molecular weight is 332 g/mol. The van der Waals surface area contributed by atoms with Crippen LogP contribution in [0.4, 0.5) is 11.4 Å². The van der Waals surface area contributed by atoms with Gasteiger partial charge in [0.25, 0.3) is 0 Å². The Morgan fingerprint density at radius 2 is 2.00 bits per heavy atom. The number of nitrogens with one attached hydrogen (secondary N) is 2. The van der Waals surface area contributed by atoms with Gasteiger partial charge in [-0.15, -0.1) is 0 Å². The van der Waals surface area contributed by atoms with Gasteiger partial charge >= 0.3 is 0 Å². The molecule has 2 N–H and O–H groups in total. The summed E-state index contributed by atoms with van der Waals surface area (Å²) >= 11 is 0. The highest BCUT2D eigenvalue weighted by molar-refractivity contribution is 7.92. The van der Waals surface area contributed by atoms with Crippen molar-refractivity contribution in [2.24, 2.45) is 0 Å². The molecule has 1 aliphatic rings. The average Bonchev–Trinajstić information content (AvgIpc) is 2.30. The van der Waals surface area contributed by atoms with E-state index in [2.05, 4.69) is 10.0 Å². The summed E-state index contributed by atoms with van der Waals surface area (Å²) < 4.78 is 48.1. The summed E-state index contributed by atoms with van der Waals surface area (Å²) in [5, 5.41) is 3.21. The largest absolute Gasteiger partial charge is 0.381 e. The molecule has 0 aromatic heterocycles. The van der Waals surface area contributed by atoms with Crippen LogP contribution in [0.2, 0.25) is 0 Å². The van der Waals surface area contributed by atoms with Crippen LogP contribution in [-0.4, -0.2) is 40.6 Å². The molecule has 1 heterocycles. The van der Waals surface area contributed by atoms with Crippen LogP contribution in [0.5, 0.6) is 0 Å². The van der Waals surface area contributed by atoms with Crippen molar-refractivity contribution in [1.29, 1.82) is 0 Å². The number of hydrogen-bond acceptors (Lipinski definition) is 5. The van der Waals surface area contributed by atoms with Gasteiger partial charge in [0, 0.05) is 11.7 Å².